The Morgan fingerprint density at radius 1 is 1.08 bits per heavy atom. The molecule has 132 valence electrons. The average molecular weight is 336 g/mol. The van der Waals surface area contributed by atoms with E-state index in [9.17, 15) is 5.11 Å². The van der Waals surface area contributed by atoms with E-state index in [-0.39, 0.29) is 5.75 Å². The topological polar surface area (TPSA) is 72.3 Å². The number of hydrogen-bond acceptors (Lipinski definition) is 3. The smallest absolute Gasteiger partial charge is 0.138 e. The molecule has 0 amide bonds. The van der Waals surface area contributed by atoms with Gasteiger partial charge in [0, 0.05) is 11.3 Å². The third-order valence-corrected chi connectivity index (χ3v) is 5.44. The molecular weight excluding hydrogens is 308 g/mol. The molecule has 1 aliphatic carbocycles. The second-order valence-corrected chi connectivity index (χ2v) is 7.37. The van der Waals surface area contributed by atoms with Crippen LogP contribution in [-0.4, -0.2) is 5.11 Å². The van der Waals surface area contributed by atoms with Crippen molar-refractivity contribution in [2.45, 2.75) is 44.9 Å². The van der Waals surface area contributed by atoms with Crippen LogP contribution in [0.1, 0.15) is 49.7 Å². The molecule has 1 fully saturated rings. The predicted molar refractivity (Wildman–Crippen MR) is 107 cm³/mol. The molecule has 2 aromatic rings. The van der Waals surface area contributed by atoms with Crippen LogP contribution in [0, 0.1) is 5.92 Å². The Labute approximate surface area is 150 Å². The summed E-state index contributed by atoms with van der Waals surface area (Å²) in [6.45, 7) is 6.24. The van der Waals surface area contributed by atoms with Gasteiger partial charge in [0.25, 0.3) is 0 Å². The third-order valence-electron chi connectivity index (χ3n) is 5.44. The summed E-state index contributed by atoms with van der Waals surface area (Å²) < 4.78 is 0. The Kier molecular flexibility index (Phi) is 5.03. The van der Waals surface area contributed by atoms with Crippen molar-refractivity contribution in [3.8, 4) is 16.9 Å². The molecule has 0 unspecified atom stereocenters. The standard InChI is InChI=1S/C22H28N2O/c1-3-4-16-11-18(15-7-5-14(2)6-8-15)13-20(24)22(16)17-9-10-21(25)19(23)12-17/h3,9-15,25H,1,4-8,23-24H2,2H3. The van der Waals surface area contributed by atoms with Gasteiger partial charge in [-0.1, -0.05) is 38.0 Å². The number of phenolic OH excluding ortho intramolecular Hbond substituents is 1. The minimum atomic E-state index is 0.0977. The first-order valence-corrected chi connectivity index (χ1v) is 9.11. The number of aromatic hydroxyl groups is 1. The molecule has 0 atom stereocenters. The van der Waals surface area contributed by atoms with Crippen molar-refractivity contribution < 1.29 is 5.11 Å². The van der Waals surface area contributed by atoms with Gasteiger partial charge in [0.15, 0.2) is 0 Å². The minimum Gasteiger partial charge on any atom is -0.506 e. The Bertz CT molecular complexity index is 774. The monoisotopic (exact) mass is 336 g/mol. The Morgan fingerprint density at radius 3 is 2.44 bits per heavy atom. The van der Waals surface area contributed by atoms with E-state index in [1.165, 1.54) is 36.8 Å². The number of hydrogen-bond donors (Lipinski definition) is 3. The summed E-state index contributed by atoms with van der Waals surface area (Å²) in [5.74, 6) is 1.53. The highest BCUT2D eigenvalue weighted by atomic mass is 16.3. The van der Waals surface area contributed by atoms with Gasteiger partial charge in [-0.3, -0.25) is 0 Å². The maximum absolute atomic E-state index is 9.70. The third kappa shape index (κ3) is 3.65. The maximum Gasteiger partial charge on any atom is 0.138 e. The second kappa shape index (κ2) is 7.22. The van der Waals surface area contributed by atoms with Gasteiger partial charge in [-0.25, -0.2) is 0 Å². The van der Waals surface area contributed by atoms with Crippen LogP contribution in [0.4, 0.5) is 11.4 Å². The molecule has 0 heterocycles. The number of phenols is 1. The lowest BCUT2D eigenvalue weighted by atomic mass is 9.78. The molecule has 0 bridgehead atoms. The van der Waals surface area contributed by atoms with Crippen molar-refractivity contribution >= 4 is 11.4 Å². The lowest BCUT2D eigenvalue weighted by Crippen LogP contribution is -2.12. The van der Waals surface area contributed by atoms with Crippen LogP contribution in [0.25, 0.3) is 11.1 Å². The largest absolute Gasteiger partial charge is 0.506 e. The molecule has 5 N–H and O–H groups in total. The zero-order chi connectivity index (χ0) is 18.0. The lowest BCUT2D eigenvalue weighted by molar-refractivity contribution is 0.348. The van der Waals surface area contributed by atoms with Crippen LogP contribution >= 0.6 is 0 Å². The van der Waals surface area contributed by atoms with E-state index in [4.69, 9.17) is 11.5 Å². The van der Waals surface area contributed by atoms with Crippen LogP contribution in [0.2, 0.25) is 0 Å². The van der Waals surface area contributed by atoms with Crippen LogP contribution in [0.15, 0.2) is 43.0 Å². The van der Waals surface area contributed by atoms with Gasteiger partial charge in [-0.05, 0) is 66.0 Å². The quantitative estimate of drug-likeness (QED) is 0.406. The maximum atomic E-state index is 9.70. The zero-order valence-electron chi connectivity index (χ0n) is 15.0. The van der Waals surface area contributed by atoms with Crippen LogP contribution < -0.4 is 11.5 Å². The van der Waals surface area contributed by atoms with Crippen molar-refractivity contribution in [2.75, 3.05) is 11.5 Å². The number of rotatable bonds is 4. The van der Waals surface area contributed by atoms with Gasteiger partial charge < -0.3 is 16.6 Å². The second-order valence-electron chi connectivity index (χ2n) is 7.37. The highest BCUT2D eigenvalue weighted by Gasteiger charge is 2.22. The Balaban J connectivity index is 2.03. The van der Waals surface area contributed by atoms with E-state index in [1.54, 1.807) is 12.1 Å². The molecule has 25 heavy (non-hydrogen) atoms. The van der Waals surface area contributed by atoms with E-state index in [2.05, 4.69) is 25.6 Å². The zero-order valence-corrected chi connectivity index (χ0v) is 15.0. The van der Waals surface area contributed by atoms with E-state index in [0.29, 0.717) is 11.6 Å². The van der Waals surface area contributed by atoms with Crippen LogP contribution in [-0.2, 0) is 6.42 Å². The van der Waals surface area contributed by atoms with E-state index in [1.807, 2.05) is 12.1 Å². The summed E-state index contributed by atoms with van der Waals surface area (Å²) in [5, 5.41) is 9.70. The highest BCUT2D eigenvalue weighted by Crippen LogP contribution is 2.40. The molecular formula is C22H28N2O. The molecule has 1 saturated carbocycles. The molecule has 2 aromatic carbocycles. The van der Waals surface area contributed by atoms with Crippen molar-refractivity contribution in [3.63, 3.8) is 0 Å². The van der Waals surface area contributed by atoms with Crippen molar-refractivity contribution in [2.24, 2.45) is 5.92 Å². The van der Waals surface area contributed by atoms with E-state index < -0.39 is 0 Å². The molecule has 3 heteroatoms. The number of anilines is 2. The fourth-order valence-electron chi connectivity index (χ4n) is 3.96. The number of benzene rings is 2. The Morgan fingerprint density at radius 2 is 1.80 bits per heavy atom. The summed E-state index contributed by atoms with van der Waals surface area (Å²) in [6, 6.07) is 9.70. The summed E-state index contributed by atoms with van der Waals surface area (Å²) in [5.41, 5.74) is 18.0. The molecule has 3 nitrogen and oxygen atoms in total. The van der Waals surface area contributed by atoms with E-state index >= 15 is 0 Å². The molecule has 1 aliphatic rings. The fourth-order valence-corrected chi connectivity index (χ4v) is 3.96. The van der Waals surface area contributed by atoms with E-state index in [0.717, 1.165) is 29.2 Å². The van der Waals surface area contributed by atoms with Gasteiger partial charge in [-0.2, -0.15) is 0 Å². The summed E-state index contributed by atoms with van der Waals surface area (Å²) >= 11 is 0. The van der Waals surface area contributed by atoms with Gasteiger partial charge in [0.2, 0.25) is 0 Å². The van der Waals surface area contributed by atoms with Crippen molar-refractivity contribution in [3.05, 3.63) is 54.1 Å². The predicted octanol–water partition coefficient (Wildman–Crippen LogP) is 5.25. The number of nitrogen functional groups attached to an aromatic ring is 2. The molecule has 0 spiro atoms. The molecule has 3 rings (SSSR count). The van der Waals surface area contributed by atoms with Gasteiger partial charge in [0.05, 0.1) is 5.69 Å². The van der Waals surface area contributed by atoms with Crippen LogP contribution in [0.5, 0.6) is 5.75 Å². The SMILES string of the molecule is C=CCc1cc(C2CCC(C)CC2)cc(N)c1-c1ccc(O)c(N)c1. The summed E-state index contributed by atoms with van der Waals surface area (Å²) in [6.07, 6.45) is 7.72. The number of nitrogens with two attached hydrogens (primary N) is 2. The summed E-state index contributed by atoms with van der Waals surface area (Å²) in [7, 11) is 0. The lowest BCUT2D eigenvalue weighted by Gasteiger charge is -2.27. The molecule has 0 saturated heterocycles. The molecule has 0 aliphatic heterocycles. The molecule has 0 aromatic heterocycles. The van der Waals surface area contributed by atoms with Gasteiger partial charge in [-0.15, -0.1) is 6.58 Å². The normalized spacial score (nSPS) is 20.4. The number of allylic oxidation sites excluding steroid dienone is 1. The highest BCUT2D eigenvalue weighted by molar-refractivity contribution is 5.82. The average Bonchev–Trinajstić information content (AvgIpc) is 2.58. The van der Waals surface area contributed by atoms with Gasteiger partial charge >= 0.3 is 0 Å². The molecule has 0 radical (unpaired) electrons. The Hall–Kier alpha value is -2.42. The fraction of sp³-hybridized carbons (Fsp3) is 0.364. The van der Waals surface area contributed by atoms with Gasteiger partial charge in [0.1, 0.15) is 5.75 Å². The first-order valence-electron chi connectivity index (χ1n) is 9.11. The van der Waals surface area contributed by atoms with Crippen molar-refractivity contribution in [1.82, 2.24) is 0 Å². The minimum absolute atomic E-state index is 0.0977. The first kappa shape index (κ1) is 17.4. The first-order chi connectivity index (χ1) is 12.0. The van der Waals surface area contributed by atoms with Crippen molar-refractivity contribution in [1.29, 1.82) is 0 Å². The summed E-state index contributed by atoms with van der Waals surface area (Å²) in [4.78, 5) is 0. The van der Waals surface area contributed by atoms with Crippen LogP contribution in [0.3, 0.4) is 0 Å².